The quantitative estimate of drug-likeness (QED) is 0.777. The standard InChI is InChI=1S/C12H15NOS/c1-2-15-11-8-4-3-6-10(11)7-5-9-12(13)14/h3-8H,2,9H2,1H3,(H2,13,14). The molecule has 0 heterocycles. The van der Waals surface area contributed by atoms with Crippen LogP contribution in [0.4, 0.5) is 0 Å². The molecule has 0 aliphatic heterocycles. The van der Waals surface area contributed by atoms with Gasteiger partial charge in [0.25, 0.3) is 0 Å². The molecule has 0 aliphatic carbocycles. The maximum atomic E-state index is 10.6. The molecule has 0 saturated carbocycles. The summed E-state index contributed by atoms with van der Waals surface area (Å²) in [4.78, 5) is 11.8. The van der Waals surface area contributed by atoms with Crippen molar-refractivity contribution in [3.63, 3.8) is 0 Å². The molecule has 80 valence electrons. The fourth-order valence-corrected chi connectivity index (χ4v) is 2.00. The van der Waals surface area contributed by atoms with Crippen molar-refractivity contribution in [1.29, 1.82) is 0 Å². The van der Waals surface area contributed by atoms with Crippen LogP contribution in [0.5, 0.6) is 0 Å². The molecule has 15 heavy (non-hydrogen) atoms. The first-order valence-corrected chi connectivity index (χ1v) is 5.89. The molecule has 0 aliphatic rings. The third-order valence-electron chi connectivity index (χ3n) is 1.84. The Kier molecular flexibility index (Phi) is 4.98. The number of hydrogen-bond donors (Lipinski definition) is 1. The largest absolute Gasteiger partial charge is 0.369 e. The third kappa shape index (κ3) is 4.21. The van der Waals surface area contributed by atoms with E-state index in [-0.39, 0.29) is 5.91 Å². The van der Waals surface area contributed by atoms with E-state index in [1.165, 1.54) is 4.90 Å². The van der Waals surface area contributed by atoms with Crippen LogP contribution in [-0.2, 0) is 4.79 Å². The number of carbonyl (C=O) groups is 1. The Morgan fingerprint density at radius 2 is 2.20 bits per heavy atom. The van der Waals surface area contributed by atoms with Crippen molar-refractivity contribution in [2.75, 3.05) is 5.75 Å². The average Bonchev–Trinajstić information content (AvgIpc) is 2.20. The summed E-state index contributed by atoms with van der Waals surface area (Å²) < 4.78 is 0. The molecule has 2 nitrogen and oxygen atoms in total. The van der Waals surface area contributed by atoms with Crippen LogP contribution in [0.15, 0.2) is 35.2 Å². The zero-order valence-electron chi connectivity index (χ0n) is 8.77. The smallest absolute Gasteiger partial charge is 0.221 e. The molecule has 1 rings (SSSR count). The van der Waals surface area contributed by atoms with E-state index in [0.29, 0.717) is 6.42 Å². The number of hydrogen-bond acceptors (Lipinski definition) is 2. The molecule has 3 heteroatoms. The van der Waals surface area contributed by atoms with E-state index in [2.05, 4.69) is 13.0 Å². The lowest BCUT2D eigenvalue weighted by atomic mass is 10.2. The Balaban J connectivity index is 2.74. The van der Waals surface area contributed by atoms with Crippen molar-refractivity contribution < 1.29 is 4.79 Å². The van der Waals surface area contributed by atoms with Crippen LogP contribution in [0.3, 0.4) is 0 Å². The van der Waals surface area contributed by atoms with Crippen LogP contribution in [-0.4, -0.2) is 11.7 Å². The van der Waals surface area contributed by atoms with Gasteiger partial charge in [0.15, 0.2) is 0 Å². The molecule has 0 radical (unpaired) electrons. The number of carbonyl (C=O) groups excluding carboxylic acids is 1. The third-order valence-corrected chi connectivity index (χ3v) is 2.81. The Labute approximate surface area is 94.6 Å². The normalized spacial score (nSPS) is 10.7. The monoisotopic (exact) mass is 221 g/mol. The van der Waals surface area contributed by atoms with Crippen molar-refractivity contribution in [2.24, 2.45) is 5.73 Å². The second-order valence-corrected chi connectivity index (χ2v) is 4.35. The number of primary amides is 1. The lowest BCUT2D eigenvalue weighted by Crippen LogP contribution is -2.07. The van der Waals surface area contributed by atoms with E-state index in [0.717, 1.165) is 11.3 Å². The molecule has 1 aromatic rings. The molecule has 0 saturated heterocycles. The van der Waals surface area contributed by atoms with E-state index in [1.54, 1.807) is 17.8 Å². The highest BCUT2D eigenvalue weighted by Crippen LogP contribution is 2.23. The number of rotatable bonds is 5. The maximum absolute atomic E-state index is 10.6. The predicted molar refractivity (Wildman–Crippen MR) is 65.7 cm³/mol. The molecule has 1 amide bonds. The number of thioether (sulfide) groups is 1. The van der Waals surface area contributed by atoms with E-state index in [9.17, 15) is 4.79 Å². The summed E-state index contributed by atoms with van der Waals surface area (Å²) in [6.45, 7) is 2.12. The van der Waals surface area contributed by atoms with Crippen molar-refractivity contribution >= 4 is 23.7 Å². The predicted octanol–water partition coefficient (Wildman–Crippen LogP) is 2.69. The molecule has 0 aromatic heterocycles. The van der Waals surface area contributed by atoms with E-state index in [1.807, 2.05) is 24.3 Å². The fourth-order valence-electron chi connectivity index (χ4n) is 1.21. The zero-order valence-corrected chi connectivity index (χ0v) is 9.59. The molecule has 0 fully saturated rings. The van der Waals surface area contributed by atoms with Gasteiger partial charge in [0.2, 0.25) is 5.91 Å². The van der Waals surface area contributed by atoms with Crippen LogP contribution in [0.25, 0.3) is 6.08 Å². The lowest BCUT2D eigenvalue weighted by molar-refractivity contribution is -0.117. The van der Waals surface area contributed by atoms with Crippen LogP contribution in [0, 0.1) is 0 Å². The second kappa shape index (κ2) is 6.30. The minimum absolute atomic E-state index is 0.297. The van der Waals surface area contributed by atoms with Gasteiger partial charge >= 0.3 is 0 Å². The average molecular weight is 221 g/mol. The van der Waals surface area contributed by atoms with Crippen LogP contribution >= 0.6 is 11.8 Å². The van der Waals surface area contributed by atoms with Gasteiger partial charge in [-0.25, -0.2) is 0 Å². The summed E-state index contributed by atoms with van der Waals surface area (Å²) in [5, 5.41) is 0. The van der Waals surface area contributed by atoms with E-state index >= 15 is 0 Å². The molecule has 0 bridgehead atoms. The molecular weight excluding hydrogens is 206 g/mol. The SMILES string of the molecule is CCSc1ccccc1C=CCC(N)=O. The molecule has 1 aromatic carbocycles. The van der Waals surface area contributed by atoms with Gasteiger partial charge < -0.3 is 5.73 Å². The number of amides is 1. The summed E-state index contributed by atoms with van der Waals surface area (Å²) in [7, 11) is 0. The Morgan fingerprint density at radius 3 is 2.87 bits per heavy atom. The van der Waals surface area contributed by atoms with E-state index < -0.39 is 0 Å². The van der Waals surface area contributed by atoms with Crippen LogP contribution in [0.2, 0.25) is 0 Å². The van der Waals surface area contributed by atoms with Gasteiger partial charge in [-0.2, -0.15) is 0 Å². The highest BCUT2D eigenvalue weighted by atomic mass is 32.2. The summed E-state index contributed by atoms with van der Waals surface area (Å²) in [6, 6.07) is 8.13. The minimum Gasteiger partial charge on any atom is -0.369 e. The van der Waals surface area contributed by atoms with Gasteiger partial charge in [0.05, 0.1) is 0 Å². The highest BCUT2D eigenvalue weighted by molar-refractivity contribution is 7.99. The summed E-state index contributed by atoms with van der Waals surface area (Å²) in [5.74, 6) is 0.743. The first kappa shape index (κ1) is 11.9. The first-order valence-electron chi connectivity index (χ1n) is 4.90. The van der Waals surface area contributed by atoms with Gasteiger partial charge in [-0.3, -0.25) is 4.79 Å². The highest BCUT2D eigenvalue weighted by Gasteiger charge is 1.97. The second-order valence-electron chi connectivity index (χ2n) is 3.04. The minimum atomic E-state index is -0.299. The molecule has 0 unspecified atom stereocenters. The summed E-state index contributed by atoms with van der Waals surface area (Å²) in [6.07, 6.45) is 4.05. The number of nitrogens with two attached hydrogens (primary N) is 1. The molecule has 0 atom stereocenters. The van der Waals surface area contributed by atoms with Crippen LogP contribution in [0.1, 0.15) is 18.9 Å². The van der Waals surface area contributed by atoms with Gasteiger partial charge in [0.1, 0.15) is 0 Å². The van der Waals surface area contributed by atoms with Crippen molar-refractivity contribution in [3.05, 3.63) is 35.9 Å². The van der Waals surface area contributed by atoms with Gasteiger partial charge in [-0.15, -0.1) is 11.8 Å². The fraction of sp³-hybridized carbons (Fsp3) is 0.250. The first-order chi connectivity index (χ1) is 7.24. The summed E-state index contributed by atoms with van der Waals surface area (Å²) in [5.41, 5.74) is 6.20. The van der Waals surface area contributed by atoms with Gasteiger partial charge in [-0.1, -0.05) is 37.3 Å². The van der Waals surface area contributed by atoms with Crippen molar-refractivity contribution in [3.8, 4) is 0 Å². The maximum Gasteiger partial charge on any atom is 0.221 e. The summed E-state index contributed by atoms with van der Waals surface area (Å²) >= 11 is 1.79. The van der Waals surface area contributed by atoms with Gasteiger partial charge in [-0.05, 0) is 17.4 Å². The molecular formula is C12H15NOS. The zero-order chi connectivity index (χ0) is 11.1. The topological polar surface area (TPSA) is 43.1 Å². The van der Waals surface area contributed by atoms with Crippen molar-refractivity contribution in [2.45, 2.75) is 18.2 Å². The Bertz CT molecular complexity index is 360. The number of benzene rings is 1. The van der Waals surface area contributed by atoms with Gasteiger partial charge in [0, 0.05) is 11.3 Å². The van der Waals surface area contributed by atoms with E-state index in [4.69, 9.17) is 5.73 Å². The van der Waals surface area contributed by atoms with Crippen LogP contribution < -0.4 is 5.73 Å². The molecule has 0 spiro atoms. The Morgan fingerprint density at radius 1 is 1.47 bits per heavy atom. The van der Waals surface area contributed by atoms with Crippen molar-refractivity contribution in [1.82, 2.24) is 0 Å². The molecule has 2 N–H and O–H groups in total. The Hall–Kier alpha value is -1.22. The lowest BCUT2D eigenvalue weighted by Gasteiger charge is -2.02.